The van der Waals surface area contributed by atoms with Gasteiger partial charge >= 0.3 is 6.18 Å². The molecular formula is C11H18F3N3O. The van der Waals surface area contributed by atoms with Crippen LogP contribution in [0.1, 0.15) is 24.9 Å². The Balaban J connectivity index is 2.19. The molecular weight excluding hydrogens is 247 g/mol. The lowest BCUT2D eigenvalue weighted by Gasteiger charge is -2.06. The Labute approximate surface area is 104 Å². The highest BCUT2D eigenvalue weighted by Crippen LogP contribution is 2.14. The van der Waals surface area contributed by atoms with E-state index in [1.807, 2.05) is 0 Å². The van der Waals surface area contributed by atoms with Gasteiger partial charge in [-0.2, -0.15) is 13.2 Å². The molecule has 1 aromatic rings. The second-order valence-electron chi connectivity index (χ2n) is 3.95. The minimum atomic E-state index is -4.27. The quantitative estimate of drug-likeness (QED) is 0.707. The number of H-pyrrole nitrogens is 1. The number of hydrogen-bond donors (Lipinski definition) is 2. The lowest BCUT2D eigenvalue weighted by Crippen LogP contribution is -2.18. The van der Waals surface area contributed by atoms with E-state index < -0.39 is 12.8 Å². The van der Waals surface area contributed by atoms with Gasteiger partial charge in [0.15, 0.2) is 0 Å². The van der Waals surface area contributed by atoms with Gasteiger partial charge in [-0.1, -0.05) is 6.92 Å². The molecule has 0 aromatic carbocycles. The van der Waals surface area contributed by atoms with Crippen LogP contribution in [-0.4, -0.2) is 35.9 Å². The van der Waals surface area contributed by atoms with Gasteiger partial charge in [-0.3, -0.25) is 0 Å². The molecule has 4 nitrogen and oxygen atoms in total. The summed E-state index contributed by atoms with van der Waals surface area (Å²) in [5.41, 5.74) is 0.925. The molecule has 0 aliphatic heterocycles. The van der Waals surface area contributed by atoms with E-state index in [0.717, 1.165) is 18.7 Å². The SMILES string of the molecule is CCCNCc1cnc(CCOCC(F)(F)F)[nH]1. The number of halogens is 3. The van der Waals surface area contributed by atoms with E-state index in [1.165, 1.54) is 0 Å². The van der Waals surface area contributed by atoms with E-state index in [1.54, 1.807) is 6.20 Å². The maximum atomic E-state index is 11.8. The van der Waals surface area contributed by atoms with Crippen LogP contribution in [0.25, 0.3) is 0 Å². The van der Waals surface area contributed by atoms with Gasteiger partial charge in [0.1, 0.15) is 12.4 Å². The second kappa shape index (κ2) is 7.38. The Morgan fingerprint density at radius 3 is 2.89 bits per heavy atom. The first-order chi connectivity index (χ1) is 8.51. The van der Waals surface area contributed by atoms with Gasteiger partial charge in [-0.15, -0.1) is 0 Å². The zero-order valence-electron chi connectivity index (χ0n) is 10.3. The zero-order chi connectivity index (χ0) is 13.4. The number of imidazole rings is 1. The molecule has 0 saturated heterocycles. The molecule has 0 atom stereocenters. The van der Waals surface area contributed by atoms with Crippen LogP contribution >= 0.6 is 0 Å². The molecule has 1 aromatic heterocycles. The van der Waals surface area contributed by atoms with E-state index in [4.69, 9.17) is 0 Å². The minimum absolute atomic E-state index is 0.00878. The largest absolute Gasteiger partial charge is 0.411 e. The Morgan fingerprint density at radius 2 is 2.22 bits per heavy atom. The van der Waals surface area contributed by atoms with E-state index in [2.05, 4.69) is 26.9 Å². The summed E-state index contributed by atoms with van der Waals surface area (Å²) >= 11 is 0. The van der Waals surface area contributed by atoms with Gasteiger partial charge in [0.05, 0.1) is 6.61 Å². The van der Waals surface area contributed by atoms with Gasteiger partial charge in [-0.25, -0.2) is 4.98 Å². The van der Waals surface area contributed by atoms with Crippen molar-refractivity contribution in [2.24, 2.45) is 0 Å². The fourth-order valence-electron chi connectivity index (χ4n) is 1.38. The highest BCUT2D eigenvalue weighted by molar-refractivity contribution is 5.01. The van der Waals surface area contributed by atoms with E-state index in [9.17, 15) is 13.2 Å². The van der Waals surface area contributed by atoms with Crippen molar-refractivity contribution in [2.45, 2.75) is 32.5 Å². The lowest BCUT2D eigenvalue weighted by molar-refractivity contribution is -0.173. The molecule has 7 heteroatoms. The molecule has 2 N–H and O–H groups in total. The molecule has 0 saturated carbocycles. The summed E-state index contributed by atoms with van der Waals surface area (Å²) in [5.74, 6) is 0.644. The van der Waals surface area contributed by atoms with Crippen molar-refractivity contribution in [1.29, 1.82) is 0 Å². The number of aromatic amines is 1. The van der Waals surface area contributed by atoms with Crippen LogP contribution in [0.3, 0.4) is 0 Å². The number of aromatic nitrogens is 2. The molecule has 1 rings (SSSR count). The average Bonchev–Trinajstić information content (AvgIpc) is 2.72. The molecule has 0 amide bonds. The van der Waals surface area contributed by atoms with Crippen LogP contribution in [-0.2, 0) is 17.7 Å². The molecule has 1 heterocycles. The van der Waals surface area contributed by atoms with Crippen molar-refractivity contribution in [3.63, 3.8) is 0 Å². The van der Waals surface area contributed by atoms with Gasteiger partial charge < -0.3 is 15.0 Å². The van der Waals surface area contributed by atoms with Crippen LogP contribution in [0.15, 0.2) is 6.20 Å². The fraction of sp³-hybridized carbons (Fsp3) is 0.727. The van der Waals surface area contributed by atoms with Gasteiger partial charge in [-0.05, 0) is 13.0 Å². The van der Waals surface area contributed by atoms with Crippen molar-refractivity contribution < 1.29 is 17.9 Å². The van der Waals surface area contributed by atoms with Crippen molar-refractivity contribution in [2.75, 3.05) is 19.8 Å². The highest BCUT2D eigenvalue weighted by atomic mass is 19.4. The van der Waals surface area contributed by atoms with E-state index in [0.29, 0.717) is 18.8 Å². The topological polar surface area (TPSA) is 49.9 Å². The molecule has 0 radical (unpaired) electrons. The number of hydrogen-bond acceptors (Lipinski definition) is 3. The first-order valence-electron chi connectivity index (χ1n) is 5.89. The standard InChI is InChI=1S/C11H18F3N3O/c1-2-4-15-6-9-7-16-10(17-9)3-5-18-8-11(12,13)14/h7,15H,2-6,8H2,1H3,(H,16,17). The smallest absolute Gasteiger partial charge is 0.372 e. The Bertz CT molecular complexity index is 339. The molecule has 0 unspecified atom stereocenters. The molecule has 0 spiro atoms. The maximum Gasteiger partial charge on any atom is 0.411 e. The summed E-state index contributed by atoms with van der Waals surface area (Å²) in [4.78, 5) is 7.11. The van der Waals surface area contributed by atoms with Crippen LogP contribution in [0.4, 0.5) is 13.2 Å². The Kier molecular flexibility index (Phi) is 6.14. The van der Waals surface area contributed by atoms with Crippen LogP contribution < -0.4 is 5.32 Å². The van der Waals surface area contributed by atoms with Gasteiger partial charge in [0.2, 0.25) is 0 Å². The molecule has 18 heavy (non-hydrogen) atoms. The van der Waals surface area contributed by atoms with Gasteiger partial charge in [0.25, 0.3) is 0 Å². The fourth-order valence-corrected chi connectivity index (χ4v) is 1.38. The molecule has 104 valence electrons. The molecule has 0 aliphatic rings. The van der Waals surface area contributed by atoms with Crippen molar-refractivity contribution in [3.8, 4) is 0 Å². The molecule has 0 bridgehead atoms. The van der Waals surface area contributed by atoms with E-state index >= 15 is 0 Å². The third-order valence-electron chi connectivity index (χ3n) is 2.17. The normalized spacial score (nSPS) is 12.0. The second-order valence-corrected chi connectivity index (χ2v) is 3.95. The van der Waals surface area contributed by atoms with E-state index in [-0.39, 0.29) is 6.61 Å². The van der Waals surface area contributed by atoms with Gasteiger partial charge in [0, 0.05) is 24.9 Å². The molecule has 0 aliphatic carbocycles. The average molecular weight is 265 g/mol. The number of rotatable bonds is 8. The number of nitrogens with one attached hydrogen (secondary N) is 2. The maximum absolute atomic E-state index is 11.8. The Morgan fingerprint density at radius 1 is 1.44 bits per heavy atom. The number of ether oxygens (including phenoxy) is 1. The minimum Gasteiger partial charge on any atom is -0.372 e. The third-order valence-corrected chi connectivity index (χ3v) is 2.17. The van der Waals surface area contributed by atoms with Crippen LogP contribution in [0.2, 0.25) is 0 Å². The summed E-state index contributed by atoms with van der Waals surface area (Å²) < 4.78 is 39.9. The predicted octanol–water partition coefficient (Wildman–Crippen LogP) is 2.03. The van der Waals surface area contributed by atoms with Crippen molar-refractivity contribution in [3.05, 3.63) is 17.7 Å². The monoisotopic (exact) mass is 265 g/mol. The summed E-state index contributed by atoms with van der Waals surface area (Å²) in [6.07, 6.45) is -1.18. The first-order valence-corrected chi connectivity index (χ1v) is 5.89. The lowest BCUT2D eigenvalue weighted by atomic mass is 10.4. The highest BCUT2D eigenvalue weighted by Gasteiger charge is 2.27. The first kappa shape index (κ1) is 15.0. The number of alkyl halides is 3. The summed E-state index contributed by atoms with van der Waals surface area (Å²) in [6.45, 7) is 2.48. The number of nitrogens with zero attached hydrogens (tertiary/aromatic N) is 1. The molecule has 0 fully saturated rings. The summed E-state index contributed by atoms with van der Waals surface area (Å²) in [7, 11) is 0. The zero-order valence-corrected chi connectivity index (χ0v) is 10.3. The van der Waals surface area contributed by atoms with Crippen molar-refractivity contribution in [1.82, 2.24) is 15.3 Å². The predicted molar refractivity (Wildman–Crippen MR) is 61.2 cm³/mol. The van der Waals surface area contributed by atoms with Crippen LogP contribution in [0.5, 0.6) is 0 Å². The van der Waals surface area contributed by atoms with Crippen LogP contribution in [0, 0.1) is 0 Å². The summed E-state index contributed by atoms with van der Waals surface area (Å²) in [5, 5.41) is 3.20. The third kappa shape index (κ3) is 6.61. The van der Waals surface area contributed by atoms with Crippen molar-refractivity contribution >= 4 is 0 Å². The summed E-state index contributed by atoms with van der Waals surface area (Å²) in [6, 6.07) is 0. The Hall–Kier alpha value is -1.08.